The highest BCUT2D eigenvalue weighted by Gasteiger charge is 2.44. The van der Waals surface area contributed by atoms with Crippen molar-refractivity contribution in [2.75, 3.05) is 26.7 Å². The number of aliphatic hydroxyl groups is 1. The number of nitrogens with one attached hydrogen (secondary N) is 3. The van der Waals surface area contributed by atoms with Crippen LogP contribution < -0.4 is 16.0 Å². The molecule has 1 saturated heterocycles. The lowest BCUT2D eigenvalue weighted by Gasteiger charge is -2.38. The van der Waals surface area contributed by atoms with E-state index in [4.69, 9.17) is 9.72 Å². The Labute approximate surface area is 367 Å². The van der Waals surface area contributed by atoms with Gasteiger partial charge in [-0.2, -0.15) is 0 Å². The summed E-state index contributed by atoms with van der Waals surface area (Å²) in [5.41, 5.74) is 4.13. The van der Waals surface area contributed by atoms with Gasteiger partial charge in [-0.1, -0.05) is 115 Å². The summed E-state index contributed by atoms with van der Waals surface area (Å²) < 4.78 is 4.72. The van der Waals surface area contributed by atoms with Gasteiger partial charge in [0, 0.05) is 49.6 Å². The summed E-state index contributed by atoms with van der Waals surface area (Å²) in [6, 6.07) is 26.8. The number of carbonyl (C=O) groups is 4. The zero-order valence-corrected chi connectivity index (χ0v) is 37.6. The SMILES string of the molecule is COC(=O)NCC(C)(C)CC(=O)NC(Cc1ccc(-c2ccccn2)cc1)CC(O)C(Cc1ccccc1)NC(=O)C(N1CCN(Cc2cccc(C(C)C)n2)C1=O)C(C)(C)C. The van der Waals surface area contributed by atoms with E-state index < -0.39 is 41.2 Å². The summed E-state index contributed by atoms with van der Waals surface area (Å²) in [7, 11) is 1.29. The standard InChI is InChI=1S/C49H65N7O6/c1-33(2)39-19-14-17-37(52-39)31-55-25-26-56(47(55)61)44(48(3,4)5)45(59)54-41(28-34-15-10-9-11-16-34)42(57)29-38(53-43(58)30-49(6,7)32-51-46(60)62-8)27-35-20-22-36(23-21-35)40-18-12-13-24-50-40/h9-24,33,38,41-42,44,57H,25-32H2,1-8H3,(H,51,60)(H,53,58)(H,54,59). The lowest BCUT2D eigenvalue weighted by Crippen LogP contribution is -2.58. The Balaban J connectivity index is 1.37. The van der Waals surface area contributed by atoms with Crippen molar-refractivity contribution in [3.63, 3.8) is 0 Å². The third kappa shape index (κ3) is 13.6. The summed E-state index contributed by atoms with van der Waals surface area (Å²) in [5.74, 6) is -0.361. The maximum absolute atomic E-state index is 14.6. The second kappa shape index (κ2) is 21.3. The lowest BCUT2D eigenvalue weighted by molar-refractivity contribution is -0.130. The van der Waals surface area contributed by atoms with Crippen LogP contribution in [0.15, 0.2) is 97.2 Å². The number of ether oxygens (including phenoxy) is 1. The number of pyridine rings is 2. The van der Waals surface area contributed by atoms with Crippen molar-refractivity contribution in [1.29, 1.82) is 0 Å². The van der Waals surface area contributed by atoms with Crippen LogP contribution in [-0.2, 0) is 33.7 Å². The number of hydrogen-bond acceptors (Lipinski definition) is 8. The smallest absolute Gasteiger partial charge is 0.406 e. The van der Waals surface area contributed by atoms with Crippen LogP contribution in [0.4, 0.5) is 9.59 Å². The Hall–Kier alpha value is -5.82. The minimum atomic E-state index is -1.10. The molecule has 0 bridgehead atoms. The number of urea groups is 1. The van der Waals surface area contributed by atoms with Crippen molar-refractivity contribution in [3.8, 4) is 11.3 Å². The predicted molar refractivity (Wildman–Crippen MR) is 241 cm³/mol. The molecule has 4 aromatic rings. The van der Waals surface area contributed by atoms with Crippen molar-refractivity contribution in [2.45, 2.75) is 111 Å². The maximum atomic E-state index is 14.6. The number of aliphatic hydroxyl groups excluding tert-OH is 1. The Morgan fingerprint density at radius 2 is 1.53 bits per heavy atom. The minimum absolute atomic E-state index is 0.0970. The molecule has 0 aliphatic carbocycles. The molecule has 3 heterocycles. The molecule has 0 radical (unpaired) electrons. The Morgan fingerprint density at radius 1 is 0.839 bits per heavy atom. The van der Waals surface area contributed by atoms with Crippen molar-refractivity contribution in [2.24, 2.45) is 10.8 Å². The molecule has 2 aromatic heterocycles. The number of amides is 5. The van der Waals surface area contributed by atoms with Crippen molar-refractivity contribution in [1.82, 2.24) is 35.7 Å². The normalized spacial score (nSPS) is 15.2. The van der Waals surface area contributed by atoms with E-state index >= 15 is 0 Å². The van der Waals surface area contributed by atoms with Gasteiger partial charge < -0.3 is 35.6 Å². The van der Waals surface area contributed by atoms with Crippen LogP contribution >= 0.6 is 0 Å². The molecule has 0 saturated carbocycles. The van der Waals surface area contributed by atoms with Gasteiger partial charge >= 0.3 is 12.1 Å². The number of methoxy groups -OCH3 is 1. The van der Waals surface area contributed by atoms with Crippen LogP contribution in [0.2, 0.25) is 0 Å². The molecular formula is C49H65N7O6. The van der Waals surface area contributed by atoms with E-state index in [0.29, 0.717) is 32.5 Å². The third-order valence-corrected chi connectivity index (χ3v) is 11.2. The first-order chi connectivity index (χ1) is 29.4. The molecule has 62 heavy (non-hydrogen) atoms. The molecule has 2 aromatic carbocycles. The molecule has 4 unspecified atom stereocenters. The van der Waals surface area contributed by atoms with E-state index in [1.165, 1.54) is 7.11 Å². The molecule has 332 valence electrons. The highest BCUT2D eigenvalue weighted by molar-refractivity contribution is 5.89. The first-order valence-electron chi connectivity index (χ1n) is 21.6. The lowest BCUT2D eigenvalue weighted by atomic mass is 9.84. The van der Waals surface area contributed by atoms with Gasteiger partial charge in [-0.3, -0.25) is 19.6 Å². The van der Waals surface area contributed by atoms with Crippen molar-refractivity contribution in [3.05, 3.63) is 120 Å². The fraction of sp³-hybridized carbons (Fsp3) is 0.469. The largest absolute Gasteiger partial charge is 0.453 e. The van der Waals surface area contributed by atoms with Crippen LogP contribution in [0.3, 0.4) is 0 Å². The van der Waals surface area contributed by atoms with Crippen LogP contribution in [0, 0.1) is 10.8 Å². The second-order valence-corrected chi connectivity index (χ2v) is 18.5. The number of alkyl carbamates (subject to hydrolysis) is 1. The summed E-state index contributed by atoms with van der Waals surface area (Å²) in [4.78, 5) is 66.9. The molecule has 1 aliphatic heterocycles. The van der Waals surface area contributed by atoms with Gasteiger partial charge in [-0.05, 0) is 71.4 Å². The molecule has 5 amide bonds. The fourth-order valence-electron chi connectivity index (χ4n) is 7.94. The Morgan fingerprint density at radius 3 is 2.18 bits per heavy atom. The van der Waals surface area contributed by atoms with Gasteiger partial charge in [0.2, 0.25) is 11.8 Å². The predicted octanol–water partition coefficient (Wildman–Crippen LogP) is 6.90. The summed E-state index contributed by atoms with van der Waals surface area (Å²) in [5, 5.41) is 21.3. The van der Waals surface area contributed by atoms with Crippen LogP contribution in [0.25, 0.3) is 11.3 Å². The molecule has 5 rings (SSSR count). The first-order valence-corrected chi connectivity index (χ1v) is 21.6. The molecule has 13 heteroatoms. The minimum Gasteiger partial charge on any atom is -0.453 e. The Bertz CT molecular complexity index is 2090. The number of hydrogen-bond donors (Lipinski definition) is 4. The van der Waals surface area contributed by atoms with Gasteiger partial charge in [-0.15, -0.1) is 0 Å². The van der Waals surface area contributed by atoms with Gasteiger partial charge in [0.1, 0.15) is 6.04 Å². The van der Waals surface area contributed by atoms with Crippen LogP contribution in [0.5, 0.6) is 0 Å². The van der Waals surface area contributed by atoms with Crippen LogP contribution in [0.1, 0.15) is 89.7 Å². The average Bonchev–Trinajstić information content (AvgIpc) is 3.57. The average molecular weight is 848 g/mol. The first kappa shape index (κ1) is 47.2. The molecule has 1 aliphatic rings. The van der Waals surface area contributed by atoms with Gasteiger partial charge in [0.15, 0.2) is 0 Å². The quantitative estimate of drug-likeness (QED) is 0.0792. The number of rotatable bonds is 19. The molecule has 1 fully saturated rings. The molecule has 13 nitrogen and oxygen atoms in total. The number of benzene rings is 2. The van der Waals surface area contributed by atoms with Crippen molar-refractivity contribution < 1.29 is 29.0 Å². The maximum Gasteiger partial charge on any atom is 0.406 e. The summed E-state index contributed by atoms with van der Waals surface area (Å²) >= 11 is 0. The van der Waals surface area contributed by atoms with Gasteiger partial charge in [-0.25, -0.2) is 9.59 Å². The van der Waals surface area contributed by atoms with E-state index in [1.54, 1.807) is 16.0 Å². The Kier molecular flexibility index (Phi) is 16.2. The summed E-state index contributed by atoms with van der Waals surface area (Å²) in [6.07, 6.45) is 0.993. The number of carbonyl (C=O) groups excluding carboxylic acids is 4. The van der Waals surface area contributed by atoms with E-state index in [1.807, 2.05) is 126 Å². The topological polar surface area (TPSA) is 166 Å². The number of aromatic nitrogens is 2. The van der Waals surface area contributed by atoms with E-state index in [9.17, 15) is 24.3 Å². The van der Waals surface area contributed by atoms with Gasteiger partial charge in [0.05, 0.1) is 37.2 Å². The second-order valence-electron chi connectivity index (χ2n) is 18.5. The summed E-state index contributed by atoms with van der Waals surface area (Å²) in [6.45, 7) is 15.1. The molecule has 4 atom stereocenters. The van der Waals surface area contributed by atoms with E-state index in [2.05, 4.69) is 34.8 Å². The van der Waals surface area contributed by atoms with Crippen LogP contribution in [-0.4, -0.2) is 99.8 Å². The van der Waals surface area contributed by atoms with Crippen molar-refractivity contribution >= 4 is 23.9 Å². The van der Waals surface area contributed by atoms with Gasteiger partial charge in [0.25, 0.3) is 0 Å². The zero-order valence-electron chi connectivity index (χ0n) is 37.6. The van der Waals surface area contributed by atoms with E-state index in [0.717, 1.165) is 33.8 Å². The van der Waals surface area contributed by atoms with E-state index in [-0.39, 0.29) is 43.1 Å². The zero-order chi connectivity index (χ0) is 45.0. The highest BCUT2D eigenvalue weighted by atomic mass is 16.5. The fourth-order valence-corrected chi connectivity index (χ4v) is 7.94. The number of nitrogens with zero attached hydrogens (tertiary/aromatic N) is 4. The molecule has 4 N–H and O–H groups in total. The highest BCUT2D eigenvalue weighted by Crippen LogP contribution is 2.30. The molecular weight excluding hydrogens is 783 g/mol. The molecule has 0 spiro atoms. The monoisotopic (exact) mass is 847 g/mol. The third-order valence-electron chi connectivity index (χ3n) is 11.2.